The SMILES string of the molecule is CCN(Cc1cccc(F)c1)C(=O)c1[nH]c(C)c(C(C)=O)c1C. The normalized spacial score (nSPS) is 10.7. The second-order valence-electron chi connectivity index (χ2n) is 5.63. The molecule has 1 aromatic heterocycles. The van der Waals surface area contributed by atoms with Crippen LogP contribution in [0.25, 0.3) is 0 Å². The lowest BCUT2D eigenvalue weighted by Gasteiger charge is -2.21. The van der Waals surface area contributed by atoms with Crippen LogP contribution in [0.1, 0.15) is 51.5 Å². The molecule has 0 aliphatic heterocycles. The number of aryl methyl sites for hydroxylation is 1. The molecule has 1 N–H and O–H groups in total. The van der Waals surface area contributed by atoms with Crippen LogP contribution in [0.5, 0.6) is 0 Å². The molecule has 0 spiro atoms. The van der Waals surface area contributed by atoms with E-state index in [4.69, 9.17) is 0 Å². The summed E-state index contributed by atoms with van der Waals surface area (Å²) < 4.78 is 13.3. The molecule has 2 aromatic rings. The molecule has 0 bridgehead atoms. The van der Waals surface area contributed by atoms with E-state index in [0.717, 1.165) is 5.56 Å². The summed E-state index contributed by atoms with van der Waals surface area (Å²) in [5.74, 6) is -0.579. The van der Waals surface area contributed by atoms with Crippen LogP contribution in [-0.4, -0.2) is 28.1 Å². The number of nitrogens with zero attached hydrogens (tertiary/aromatic N) is 1. The fraction of sp³-hybridized carbons (Fsp3) is 0.333. The summed E-state index contributed by atoms with van der Waals surface area (Å²) in [6.07, 6.45) is 0. The van der Waals surface area contributed by atoms with E-state index in [1.54, 1.807) is 30.9 Å². The van der Waals surface area contributed by atoms with Crippen LogP contribution in [0.2, 0.25) is 0 Å². The molecule has 0 radical (unpaired) electrons. The first-order valence-corrected chi connectivity index (χ1v) is 7.59. The number of H-pyrrole nitrogens is 1. The van der Waals surface area contributed by atoms with E-state index in [-0.39, 0.29) is 17.5 Å². The first-order valence-electron chi connectivity index (χ1n) is 7.59. The number of nitrogens with one attached hydrogen (secondary N) is 1. The number of aromatic nitrogens is 1. The van der Waals surface area contributed by atoms with Crippen molar-refractivity contribution in [2.24, 2.45) is 0 Å². The second kappa shape index (κ2) is 6.77. The molecule has 0 unspecified atom stereocenters. The second-order valence-corrected chi connectivity index (χ2v) is 5.63. The highest BCUT2D eigenvalue weighted by Crippen LogP contribution is 2.20. The van der Waals surface area contributed by atoms with Gasteiger partial charge < -0.3 is 9.88 Å². The average molecular weight is 316 g/mol. The maximum absolute atomic E-state index is 13.3. The first-order chi connectivity index (χ1) is 10.8. The van der Waals surface area contributed by atoms with Crippen molar-refractivity contribution in [3.63, 3.8) is 0 Å². The van der Waals surface area contributed by atoms with E-state index >= 15 is 0 Å². The molecule has 0 fully saturated rings. The van der Waals surface area contributed by atoms with Crippen molar-refractivity contribution >= 4 is 11.7 Å². The van der Waals surface area contributed by atoms with Gasteiger partial charge in [0.25, 0.3) is 5.91 Å². The molecular formula is C18H21FN2O2. The molecule has 1 amide bonds. The van der Waals surface area contributed by atoms with Gasteiger partial charge >= 0.3 is 0 Å². The van der Waals surface area contributed by atoms with Gasteiger partial charge in [0.05, 0.1) is 0 Å². The Hall–Kier alpha value is -2.43. The molecule has 2 rings (SSSR count). The Bertz CT molecular complexity index is 749. The number of Topliss-reactive ketones (excluding diaryl/α,β-unsaturated/α-hetero) is 1. The van der Waals surface area contributed by atoms with Crippen LogP contribution in [0, 0.1) is 19.7 Å². The number of carbonyl (C=O) groups is 2. The minimum Gasteiger partial charge on any atom is -0.354 e. The largest absolute Gasteiger partial charge is 0.354 e. The number of rotatable bonds is 5. The van der Waals surface area contributed by atoms with Crippen LogP contribution >= 0.6 is 0 Å². The minimum absolute atomic E-state index is 0.0662. The number of ketones is 1. The van der Waals surface area contributed by atoms with Gasteiger partial charge in [-0.25, -0.2) is 4.39 Å². The quantitative estimate of drug-likeness (QED) is 0.856. The van der Waals surface area contributed by atoms with E-state index in [0.29, 0.717) is 35.6 Å². The zero-order chi connectivity index (χ0) is 17.1. The third-order valence-corrected chi connectivity index (χ3v) is 3.93. The van der Waals surface area contributed by atoms with Gasteiger partial charge in [-0.15, -0.1) is 0 Å². The molecule has 0 saturated carbocycles. The third-order valence-electron chi connectivity index (χ3n) is 3.93. The summed E-state index contributed by atoms with van der Waals surface area (Å²) in [5, 5.41) is 0. The minimum atomic E-state index is -0.322. The van der Waals surface area contributed by atoms with Crippen molar-refractivity contribution in [1.29, 1.82) is 0 Å². The molecule has 1 heterocycles. The van der Waals surface area contributed by atoms with E-state index in [9.17, 15) is 14.0 Å². The van der Waals surface area contributed by atoms with E-state index in [1.165, 1.54) is 19.1 Å². The van der Waals surface area contributed by atoms with Crippen molar-refractivity contribution in [3.8, 4) is 0 Å². The molecule has 122 valence electrons. The van der Waals surface area contributed by atoms with Crippen molar-refractivity contribution in [2.75, 3.05) is 6.54 Å². The van der Waals surface area contributed by atoms with Crippen LogP contribution in [-0.2, 0) is 6.54 Å². The molecule has 1 aromatic carbocycles. The molecule has 0 saturated heterocycles. The molecule has 0 aliphatic carbocycles. The highest BCUT2D eigenvalue weighted by Gasteiger charge is 2.23. The highest BCUT2D eigenvalue weighted by atomic mass is 19.1. The van der Waals surface area contributed by atoms with E-state index in [1.807, 2.05) is 6.92 Å². The van der Waals surface area contributed by atoms with Crippen molar-refractivity contribution < 1.29 is 14.0 Å². The van der Waals surface area contributed by atoms with Gasteiger partial charge in [-0.1, -0.05) is 12.1 Å². The van der Waals surface area contributed by atoms with Crippen molar-refractivity contribution in [3.05, 3.63) is 58.2 Å². The zero-order valence-corrected chi connectivity index (χ0v) is 13.9. The van der Waals surface area contributed by atoms with Gasteiger partial charge in [0.1, 0.15) is 11.5 Å². The number of halogens is 1. The lowest BCUT2D eigenvalue weighted by atomic mass is 10.1. The number of hydrogen-bond donors (Lipinski definition) is 1. The van der Waals surface area contributed by atoms with Gasteiger partial charge in [-0.2, -0.15) is 0 Å². The van der Waals surface area contributed by atoms with Gasteiger partial charge in [0.2, 0.25) is 0 Å². The number of carbonyl (C=O) groups excluding carboxylic acids is 2. The fourth-order valence-electron chi connectivity index (χ4n) is 2.83. The lowest BCUT2D eigenvalue weighted by Crippen LogP contribution is -2.31. The molecule has 0 atom stereocenters. The zero-order valence-electron chi connectivity index (χ0n) is 13.9. The fourth-order valence-corrected chi connectivity index (χ4v) is 2.83. The molecule has 4 nitrogen and oxygen atoms in total. The average Bonchev–Trinajstić information content (AvgIpc) is 2.79. The number of amides is 1. The Labute approximate surface area is 135 Å². The number of aromatic amines is 1. The van der Waals surface area contributed by atoms with E-state index < -0.39 is 0 Å². The summed E-state index contributed by atoms with van der Waals surface area (Å²) in [7, 11) is 0. The maximum atomic E-state index is 13.3. The first kappa shape index (κ1) is 16.9. The summed E-state index contributed by atoms with van der Waals surface area (Å²) in [6.45, 7) is 7.71. The summed E-state index contributed by atoms with van der Waals surface area (Å²) in [6, 6.07) is 6.21. The Morgan fingerprint density at radius 3 is 2.48 bits per heavy atom. The van der Waals surface area contributed by atoms with Crippen LogP contribution in [0.15, 0.2) is 24.3 Å². The maximum Gasteiger partial charge on any atom is 0.270 e. The van der Waals surface area contributed by atoms with Crippen molar-refractivity contribution in [2.45, 2.75) is 34.2 Å². The van der Waals surface area contributed by atoms with Gasteiger partial charge in [0, 0.05) is 24.3 Å². The predicted octanol–water partition coefficient (Wildman–Crippen LogP) is 3.64. The van der Waals surface area contributed by atoms with Gasteiger partial charge in [0.15, 0.2) is 5.78 Å². The Kier molecular flexibility index (Phi) is 4.98. The van der Waals surface area contributed by atoms with E-state index in [2.05, 4.69) is 4.98 Å². The lowest BCUT2D eigenvalue weighted by molar-refractivity contribution is 0.0746. The Morgan fingerprint density at radius 1 is 1.26 bits per heavy atom. The third kappa shape index (κ3) is 3.50. The highest BCUT2D eigenvalue weighted by molar-refractivity contribution is 6.02. The Morgan fingerprint density at radius 2 is 1.96 bits per heavy atom. The molecule has 5 heteroatoms. The summed E-state index contributed by atoms with van der Waals surface area (Å²) >= 11 is 0. The molecule has 0 aliphatic rings. The molecular weight excluding hydrogens is 295 g/mol. The number of hydrogen-bond acceptors (Lipinski definition) is 2. The van der Waals surface area contributed by atoms with Crippen LogP contribution in [0.4, 0.5) is 4.39 Å². The topological polar surface area (TPSA) is 53.2 Å². The number of benzene rings is 1. The predicted molar refractivity (Wildman–Crippen MR) is 87.1 cm³/mol. The molecule has 23 heavy (non-hydrogen) atoms. The monoisotopic (exact) mass is 316 g/mol. The summed E-state index contributed by atoms with van der Waals surface area (Å²) in [4.78, 5) is 29.1. The van der Waals surface area contributed by atoms with Crippen LogP contribution in [0.3, 0.4) is 0 Å². The van der Waals surface area contributed by atoms with Gasteiger partial charge in [-0.05, 0) is 51.0 Å². The standard InChI is InChI=1S/C18H21FN2O2/c1-5-21(10-14-7-6-8-15(19)9-14)18(23)17-11(2)16(13(4)22)12(3)20-17/h6-9,20H,5,10H2,1-4H3. The van der Waals surface area contributed by atoms with Crippen molar-refractivity contribution in [1.82, 2.24) is 9.88 Å². The Balaban J connectivity index is 2.30. The summed E-state index contributed by atoms with van der Waals surface area (Å²) in [5.41, 5.74) is 3.08. The van der Waals surface area contributed by atoms with Gasteiger partial charge in [-0.3, -0.25) is 9.59 Å². The van der Waals surface area contributed by atoms with Crippen LogP contribution < -0.4 is 0 Å². The smallest absolute Gasteiger partial charge is 0.270 e.